The van der Waals surface area contributed by atoms with Gasteiger partial charge in [-0.2, -0.15) is 5.26 Å². The summed E-state index contributed by atoms with van der Waals surface area (Å²) in [6, 6.07) is 16.9. The Labute approximate surface area is 125 Å². The molecule has 0 bridgehead atoms. The van der Waals surface area contributed by atoms with Crippen LogP contribution in [-0.4, -0.2) is 0 Å². The Morgan fingerprint density at radius 2 is 1.74 bits per heavy atom. The number of nitrogens with zero attached hydrogens (tertiary/aromatic N) is 2. The maximum Gasteiger partial charge on any atom is 0.189 e. The first-order valence-electron chi connectivity index (χ1n) is 5.57. The van der Waals surface area contributed by atoms with E-state index < -0.39 is 0 Å². The molecule has 2 nitrogen and oxygen atoms in total. The minimum atomic E-state index is 0.644. The molecule has 2 aromatic carbocycles. The topological polar surface area (TPSA) is 27.0 Å². The van der Waals surface area contributed by atoms with Gasteiger partial charge in [0.05, 0.1) is 11.4 Å². The molecule has 0 saturated carbocycles. The lowest BCUT2D eigenvalue weighted by Gasteiger charge is -2.19. The molecule has 0 aliphatic carbocycles. The third kappa shape index (κ3) is 3.17. The van der Waals surface area contributed by atoms with Crippen LogP contribution in [0.5, 0.6) is 0 Å². The molecule has 0 spiro atoms. The summed E-state index contributed by atoms with van der Waals surface area (Å²) in [6.45, 7) is 0. The summed E-state index contributed by atoms with van der Waals surface area (Å²) >= 11 is 9.19. The van der Waals surface area contributed by atoms with Gasteiger partial charge in [0.2, 0.25) is 0 Å². The number of halogens is 2. The highest BCUT2D eigenvalue weighted by atomic mass is 79.9. The van der Waals surface area contributed by atoms with Crippen molar-refractivity contribution in [2.75, 3.05) is 4.90 Å². The molecule has 0 aromatic heterocycles. The summed E-state index contributed by atoms with van der Waals surface area (Å²) in [4.78, 5) is 3.28. The van der Waals surface area contributed by atoms with E-state index in [1.54, 1.807) is 22.0 Å². The predicted octanol–water partition coefficient (Wildman–Crippen LogP) is 5.02. The maximum atomic E-state index is 9.39. The zero-order valence-electron chi connectivity index (χ0n) is 9.92. The van der Waals surface area contributed by atoms with E-state index in [9.17, 15) is 5.26 Å². The van der Waals surface area contributed by atoms with Gasteiger partial charge in [0.15, 0.2) is 6.19 Å². The standard InChI is InChI=1S/C15H10BrClN2/c16-10-15(12-4-2-1-3-5-12)19(11-18)14-8-6-13(17)7-9-14/h1-10H/b15-10-. The van der Waals surface area contributed by atoms with E-state index in [0.717, 1.165) is 16.9 Å². The van der Waals surface area contributed by atoms with Gasteiger partial charge >= 0.3 is 0 Å². The normalized spacial score (nSPS) is 10.9. The molecule has 2 rings (SSSR count). The van der Waals surface area contributed by atoms with Crippen LogP contribution >= 0.6 is 27.5 Å². The van der Waals surface area contributed by atoms with E-state index in [-0.39, 0.29) is 0 Å². The molecule has 0 heterocycles. The molecule has 0 fully saturated rings. The number of rotatable bonds is 3. The van der Waals surface area contributed by atoms with Gasteiger partial charge in [0.1, 0.15) is 0 Å². The summed E-state index contributed by atoms with van der Waals surface area (Å²) in [7, 11) is 0. The van der Waals surface area contributed by atoms with Gasteiger partial charge in [-0.1, -0.05) is 57.9 Å². The zero-order valence-corrected chi connectivity index (χ0v) is 12.3. The maximum absolute atomic E-state index is 9.39. The molecule has 4 heteroatoms. The van der Waals surface area contributed by atoms with Crippen molar-refractivity contribution in [1.29, 1.82) is 5.26 Å². The lowest BCUT2D eigenvalue weighted by molar-refractivity contribution is 1.28. The molecule has 0 amide bonds. The van der Waals surface area contributed by atoms with Crippen molar-refractivity contribution >= 4 is 38.9 Å². The van der Waals surface area contributed by atoms with Crippen molar-refractivity contribution in [3.63, 3.8) is 0 Å². The predicted molar refractivity (Wildman–Crippen MR) is 82.9 cm³/mol. The first kappa shape index (κ1) is 13.7. The van der Waals surface area contributed by atoms with Crippen LogP contribution in [0.25, 0.3) is 5.70 Å². The summed E-state index contributed by atoms with van der Waals surface area (Å²) in [5.41, 5.74) is 2.49. The van der Waals surface area contributed by atoms with Crippen LogP contribution < -0.4 is 4.90 Å². The third-order valence-corrected chi connectivity index (χ3v) is 3.28. The van der Waals surface area contributed by atoms with E-state index in [0.29, 0.717) is 5.02 Å². The van der Waals surface area contributed by atoms with Crippen molar-refractivity contribution in [1.82, 2.24) is 0 Å². The lowest BCUT2D eigenvalue weighted by Crippen LogP contribution is -2.14. The molecular weight excluding hydrogens is 324 g/mol. The summed E-state index contributed by atoms with van der Waals surface area (Å²) < 4.78 is 0. The van der Waals surface area contributed by atoms with Crippen LogP contribution in [0.2, 0.25) is 5.02 Å². The molecule has 0 saturated heterocycles. The minimum absolute atomic E-state index is 0.644. The molecule has 94 valence electrons. The molecule has 0 radical (unpaired) electrons. The van der Waals surface area contributed by atoms with Crippen molar-refractivity contribution < 1.29 is 0 Å². The number of hydrogen-bond donors (Lipinski definition) is 0. The van der Waals surface area contributed by atoms with Crippen LogP contribution in [-0.2, 0) is 0 Å². The second-order valence-corrected chi connectivity index (χ2v) is 4.67. The van der Waals surface area contributed by atoms with Crippen LogP contribution in [0.4, 0.5) is 5.69 Å². The fourth-order valence-electron chi connectivity index (χ4n) is 1.69. The molecule has 0 aliphatic heterocycles. The van der Waals surface area contributed by atoms with E-state index in [2.05, 4.69) is 22.1 Å². The van der Waals surface area contributed by atoms with Crippen molar-refractivity contribution in [3.8, 4) is 6.19 Å². The average Bonchev–Trinajstić information content (AvgIpc) is 2.47. The first-order chi connectivity index (χ1) is 9.26. The Morgan fingerprint density at radius 3 is 2.26 bits per heavy atom. The van der Waals surface area contributed by atoms with Gasteiger partial charge in [0, 0.05) is 10.0 Å². The van der Waals surface area contributed by atoms with E-state index in [4.69, 9.17) is 11.6 Å². The van der Waals surface area contributed by atoms with E-state index in [1.807, 2.05) is 42.5 Å². The van der Waals surface area contributed by atoms with Gasteiger partial charge in [-0.25, -0.2) is 4.90 Å². The van der Waals surface area contributed by atoms with Crippen molar-refractivity contribution in [2.45, 2.75) is 0 Å². The first-order valence-corrected chi connectivity index (χ1v) is 6.87. The minimum Gasteiger partial charge on any atom is -0.247 e. The van der Waals surface area contributed by atoms with Crippen LogP contribution in [0.15, 0.2) is 59.6 Å². The second kappa shape index (κ2) is 6.42. The lowest BCUT2D eigenvalue weighted by atomic mass is 10.1. The molecule has 0 unspecified atom stereocenters. The molecule has 0 aliphatic rings. The average molecular weight is 334 g/mol. The Morgan fingerprint density at radius 1 is 1.11 bits per heavy atom. The van der Waals surface area contributed by atoms with Gasteiger partial charge < -0.3 is 0 Å². The van der Waals surface area contributed by atoms with Gasteiger partial charge in [-0.15, -0.1) is 0 Å². The fraction of sp³-hybridized carbons (Fsp3) is 0. The number of hydrogen-bond acceptors (Lipinski definition) is 2. The summed E-state index contributed by atoms with van der Waals surface area (Å²) in [5, 5.41) is 10.0. The highest BCUT2D eigenvalue weighted by Gasteiger charge is 2.12. The summed E-state index contributed by atoms with van der Waals surface area (Å²) in [5.74, 6) is 0. The van der Waals surface area contributed by atoms with Gasteiger partial charge in [-0.05, 0) is 29.8 Å². The quantitative estimate of drug-likeness (QED) is 0.582. The van der Waals surface area contributed by atoms with Crippen LogP contribution in [0.3, 0.4) is 0 Å². The highest BCUT2D eigenvalue weighted by molar-refractivity contribution is 9.11. The van der Waals surface area contributed by atoms with Crippen molar-refractivity contribution in [3.05, 3.63) is 70.2 Å². The molecule has 2 aromatic rings. The Hall–Kier alpha value is -1.76. The van der Waals surface area contributed by atoms with Gasteiger partial charge in [0.25, 0.3) is 0 Å². The van der Waals surface area contributed by atoms with Crippen molar-refractivity contribution in [2.24, 2.45) is 0 Å². The molecule has 0 atom stereocenters. The monoisotopic (exact) mass is 332 g/mol. The number of benzene rings is 2. The Kier molecular flexibility index (Phi) is 4.62. The number of anilines is 1. The molecular formula is C15H10BrClN2. The highest BCUT2D eigenvalue weighted by Crippen LogP contribution is 2.27. The Balaban J connectivity index is 2.42. The zero-order chi connectivity index (χ0) is 13.7. The fourth-order valence-corrected chi connectivity index (χ4v) is 2.29. The molecule has 0 N–H and O–H groups in total. The SMILES string of the molecule is N#CN(/C(=C\Br)c1ccccc1)c1ccc(Cl)cc1. The second-order valence-electron chi connectivity index (χ2n) is 3.77. The Bertz CT molecular complexity index is 615. The van der Waals surface area contributed by atoms with Gasteiger partial charge in [-0.3, -0.25) is 0 Å². The van der Waals surface area contributed by atoms with E-state index >= 15 is 0 Å². The number of nitriles is 1. The summed E-state index contributed by atoms with van der Waals surface area (Å²) in [6.07, 6.45) is 2.18. The molecule has 19 heavy (non-hydrogen) atoms. The smallest absolute Gasteiger partial charge is 0.189 e. The van der Waals surface area contributed by atoms with E-state index in [1.165, 1.54) is 0 Å². The van der Waals surface area contributed by atoms with Crippen LogP contribution in [0.1, 0.15) is 5.56 Å². The third-order valence-electron chi connectivity index (χ3n) is 2.60. The van der Waals surface area contributed by atoms with Crippen LogP contribution in [0, 0.1) is 11.5 Å². The largest absolute Gasteiger partial charge is 0.247 e.